The van der Waals surface area contributed by atoms with Crippen LogP contribution in [0.5, 0.6) is 0 Å². The Morgan fingerprint density at radius 2 is 1.56 bits per heavy atom. The minimum absolute atomic E-state index is 1.21. The standard InChI is InChI=1S/C6H15ClSi2/c1-6-8(2,3)9(4,5)7/h6H,1H2,2-5H3. The molecule has 0 aliphatic carbocycles. The molecule has 0 radical (unpaired) electrons. The average Bonchev–Trinajstić information content (AvgIpc) is 1.64. The maximum atomic E-state index is 6.25. The average molecular weight is 179 g/mol. The minimum atomic E-state index is -1.39. The van der Waals surface area contributed by atoms with E-state index in [0.29, 0.717) is 0 Å². The second kappa shape index (κ2) is 2.60. The van der Waals surface area contributed by atoms with Gasteiger partial charge in [-0.25, -0.2) is 0 Å². The van der Waals surface area contributed by atoms with E-state index >= 15 is 0 Å². The molecule has 0 heterocycles. The normalized spacial score (nSPS) is 13.4. The SMILES string of the molecule is C=C[Si](C)(C)[Si](C)(C)Cl. The fourth-order valence-corrected chi connectivity index (χ4v) is 2.88. The first-order chi connectivity index (χ1) is 3.81. The molecular weight excluding hydrogens is 164 g/mol. The molecule has 0 spiro atoms. The van der Waals surface area contributed by atoms with Gasteiger partial charge in [-0.15, -0.1) is 12.3 Å². The molecule has 0 aliphatic rings. The molecule has 9 heavy (non-hydrogen) atoms. The largest absolute Gasteiger partial charge is 0.171 e. The van der Waals surface area contributed by atoms with Gasteiger partial charge in [0.15, 0.2) is 0 Å². The second-order valence-corrected chi connectivity index (χ2v) is 21.6. The van der Waals surface area contributed by atoms with Crippen LogP contribution in [0.1, 0.15) is 0 Å². The van der Waals surface area contributed by atoms with Crippen LogP contribution >= 0.6 is 11.1 Å². The molecule has 0 rings (SSSR count). The lowest BCUT2D eigenvalue weighted by molar-refractivity contribution is 1.85. The van der Waals surface area contributed by atoms with Crippen molar-refractivity contribution in [2.75, 3.05) is 0 Å². The molecule has 0 aromatic heterocycles. The molecule has 0 N–H and O–H groups in total. The Kier molecular flexibility index (Phi) is 2.74. The highest BCUT2D eigenvalue weighted by atomic mass is 35.6. The Hall–Kier alpha value is 0.464. The van der Waals surface area contributed by atoms with E-state index in [2.05, 4.69) is 38.5 Å². The quantitative estimate of drug-likeness (QED) is 0.451. The van der Waals surface area contributed by atoms with E-state index in [1.165, 1.54) is 0 Å². The van der Waals surface area contributed by atoms with E-state index in [0.717, 1.165) is 0 Å². The molecule has 54 valence electrons. The molecule has 0 atom stereocenters. The van der Waals surface area contributed by atoms with Crippen molar-refractivity contribution in [2.45, 2.75) is 26.2 Å². The summed E-state index contributed by atoms with van der Waals surface area (Å²) in [5.74, 6) is 0. The predicted octanol–water partition coefficient (Wildman–Crippen LogP) is 2.94. The van der Waals surface area contributed by atoms with Crippen LogP contribution in [0, 0.1) is 0 Å². The molecule has 0 aromatic carbocycles. The van der Waals surface area contributed by atoms with Gasteiger partial charge < -0.3 is 0 Å². The summed E-state index contributed by atoms with van der Waals surface area (Å²) >= 11 is 6.25. The van der Waals surface area contributed by atoms with E-state index in [-0.39, 0.29) is 0 Å². The van der Waals surface area contributed by atoms with Gasteiger partial charge in [0.25, 0.3) is 0 Å². The van der Waals surface area contributed by atoms with E-state index in [1.54, 1.807) is 0 Å². The smallest absolute Gasteiger partial charge is 0.145 e. The monoisotopic (exact) mass is 178 g/mol. The van der Waals surface area contributed by atoms with Gasteiger partial charge >= 0.3 is 0 Å². The van der Waals surface area contributed by atoms with E-state index < -0.39 is 14.5 Å². The molecule has 0 nitrogen and oxygen atoms in total. The van der Waals surface area contributed by atoms with Gasteiger partial charge in [0.2, 0.25) is 0 Å². The lowest BCUT2D eigenvalue weighted by Gasteiger charge is -2.28. The molecule has 0 bridgehead atoms. The van der Waals surface area contributed by atoms with Gasteiger partial charge in [-0.2, -0.15) is 11.1 Å². The molecule has 0 aliphatic heterocycles. The summed E-state index contributed by atoms with van der Waals surface area (Å²) in [6.07, 6.45) is 0. The zero-order valence-corrected chi connectivity index (χ0v) is 9.42. The van der Waals surface area contributed by atoms with E-state index in [1.807, 2.05) is 0 Å². The van der Waals surface area contributed by atoms with Gasteiger partial charge in [0, 0.05) is 0 Å². The number of hydrogen-bond acceptors (Lipinski definition) is 0. The fraction of sp³-hybridized carbons (Fsp3) is 0.667. The maximum Gasteiger partial charge on any atom is 0.145 e. The van der Waals surface area contributed by atoms with Crippen LogP contribution in [0.25, 0.3) is 0 Å². The van der Waals surface area contributed by atoms with Crippen LogP contribution < -0.4 is 0 Å². The minimum Gasteiger partial charge on any atom is -0.171 e. The van der Waals surface area contributed by atoms with Gasteiger partial charge in [-0.05, 0) is 0 Å². The van der Waals surface area contributed by atoms with Crippen molar-refractivity contribution < 1.29 is 0 Å². The second-order valence-electron chi connectivity index (χ2n) is 3.40. The lowest BCUT2D eigenvalue weighted by atomic mass is 11.3. The number of rotatable bonds is 2. The highest BCUT2D eigenvalue weighted by Gasteiger charge is 2.36. The summed E-state index contributed by atoms with van der Waals surface area (Å²) in [5, 5.41) is 0. The van der Waals surface area contributed by atoms with Gasteiger partial charge in [-0.1, -0.05) is 26.2 Å². The molecule has 0 amide bonds. The maximum absolute atomic E-state index is 6.25. The van der Waals surface area contributed by atoms with Crippen molar-refractivity contribution >= 4 is 25.6 Å². The molecule has 3 heteroatoms. The van der Waals surface area contributed by atoms with Gasteiger partial charge in [-0.3, -0.25) is 0 Å². The van der Waals surface area contributed by atoms with Crippen molar-refractivity contribution in [1.29, 1.82) is 0 Å². The Labute approximate surface area is 64.4 Å². The van der Waals surface area contributed by atoms with Crippen LogP contribution in [0.2, 0.25) is 26.2 Å². The molecule has 0 aromatic rings. The van der Waals surface area contributed by atoms with Crippen molar-refractivity contribution in [1.82, 2.24) is 0 Å². The first kappa shape index (κ1) is 9.46. The van der Waals surface area contributed by atoms with Crippen molar-refractivity contribution in [3.05, 3.63) is 12.3 Å². The summed E-state index contributed by atoms with van der Waals surface area (Å²) in [6, 6.07) is 0. The topological polar surface area (TPSA) is 0 Å². The molecule has 0 saturated carbocycles. The summed E-state index contributed by atoms with van der Waals surface area (Å²) in [4.78, 5) is 0. The molecular formula is C6H15ClSi2. The van der Waals surface area contributed by atoms with E-state index in [9.17, 15) is 0 Å². The molecule has 0 saturated heterocycles. The van der Waals surface area contributed by atoms with Gasteiger partial charge in [0.1, 0.15) is 6.90 Å². The molecule has 0 fully saturated rings. The zero-order chi connectivity index (χ0) is 7.71. The first-order valence-electron chi connectivity index (χ1n) is 3.14. The predicted molar refractivity (Wildman–Crippen MR) is 51.0 cm³/mol. The summed E-state index contributed by atoms with van der Waals surface area (Å²) in [5.41, 5.74) is 2.09. The third-order valence-corrected chi connectivity index (χ3v) is 20.3. The Balaban J connectivity index is 4.32. The first-order valence-corrected chi connectivity index (χ1v) is 11.2. The van der Waals surface area contributed by atoms with Crippen LogP contribution in [-0.4, -0.2) is 14.5 Å². The molecule has 0 unspecified atom stereocenters. The third-order valence-electron chi connectivity index (χ3n) is 2.04. The van der Waals surface area contributed by atoms with Crippen LogP contribution in [0.15, 0.2) is 12.3 Å². The zero-order valence-electron chi connectivity index (χ0n) is 6.66. The van der Waals surface area contributed by atoms with Crippen LogP contribution in [0.4, 0.5) is 0 Å². The Morgan fingerprint density at radius 1 is 1.22 bits per heavy atom. The van der Waals surface area contributed by atoms with Crippen molar-refractivity contribution in [3.8, 4) is 0 Å². The summed E-state index contributed by atoms with van der Waals surface area (Å²) in [6.45, 7) is 11.4. The van der Waals surface area contributed by atoms with Crippen LogP contribution in [0.3, 0.4) is 0 Å². The highest BCUT2D eigenvalue weighted by Crippen LogP contribution is 2.22. The fourth-order valence-electron chi connectivity index (χ4n) is 0.243. The highest BCUT2D eigenvalue weighted by molar-refractivity contribution is 7.59. The lowest BCUT2D eigenvalue weighted by Crippen LogP contribution is -2.48. The summed E-state index contributed by atoms with van der Waals surface area (Å²) < 4.78 is 0. The van der Waals surface area contributed by atoms with E-state index in [4.69, 9.17) is 11.1 Å². The Bertz CT molecular complexity index is 113. The van der Waals surface area contributed by atoms with Crippen molar-refractivity contribution in [3.63, 3.8) is 0 Å². The van der Waals surface area contributed by atoms with Crippen LogP contribution in [-0.2, 0) is 0 Å². The Morgan fingerprint density at radius 3 is 1.56 bits per heavy atom. The van der Waals surface area contributed by atoms with Crippen molar-refractivity contribution in [2.24, 2.45) is 0 Å². The van der Waals surface area contributed by atoms with Gasteiger partial charge in [0.05, 0.1) is 7.59 Å². The number of halogens is 1. The number of hydrogen-bond donors (Lipinski definition) is 0. The third kappa shape index (κ3) is 2.28. The summed E-state index contributed by atoms with van der Waals surface area (Å²) in [7, 11) is -1.21.